The second kappa shape index (κ2) is 7.20. The molecule has 0 radical (unpaired) electrons. The molecule has 1 N–H and O–H groups in total. The van der Waals surface area contributed by atoms with Gasteiger partial charge in [0.2, 0.25) is 0 Å². The first-order valence-electron chi connectivity index (χ1n) is 4.43. The van der Waals surface area contributed by atoms with Crippen LogP contribution in [0.2, 0.25) is 0 Å². The Bertz CT molecular complexity index is 194. The maximum absolute atomic E-state index is 9.47. The van der Waals surface area contributed by atoms with Crippen molar-refractivity contribution in [2.45, 2.75) is 6.92 Å². The van der Waals surface area contributed by atoms with E-state index in [0.717, 1.165) is 13.2 Å². The number of aliphatic carboxylic acids is 1. The molecule has 0 aromatic carbocycles. The number of carbonyl (C=O) groups is 1. The van der Waals surface area contributed by atoms with E-state index < -0.39 is 5.97 Å². The van der Waals surface area contributed by atoms with Crippen LogP contribution < -0.4 is 0 Å². The van der Waals surface area contributed by atoms with Gasteiger partial charge in [0, 0.05) is 33.1 Å². The number of carboxylic acids is 1. The quantitative estimate of drug-likeness (QED) is 0.718. The Morgan fingerprint density at radius 1 is 1.57 bits per heavy atom. The molecule has 0 atom stereocenters. The van der Waals surface area contributed by atoms with Crippen LogP contribution in [-0.4, -0.2) is 54.9 Å². The molecular weight excluding hydrogens is 184 g/mol. The minimum absolute atomic E-state index is 0.208. The van der Waals surface area contributed by atoms with Gasteiger partial charge in [-0.2, -0.15) is 0 Å². The van der Waals surface area contributed by atoms with E-state index in [1.54, 1.807) is 0 Å². The lowest BCUT2D eigenvalue weighted by molar-refractivity contribution is -0.141. The Labute approximate surface area is 84.6 Å². The van der Waals surface area contributed by atoms with Gasteiger partial charge in [-0.1, -0.05) is 0 Å². The zero-order chi connectivity index (χ0) is 11.0. The van der Waals surface area contributed by atoms with Crippen LogP contribution in [0.3, 0.4) is 0 Å². The number of nitrogens with zero attached hydrogens (tertiary/aromatic N) is 2. The highest BCUT2D eigenvalue weighted by Crippen LogP contribution is 2.00. The fourth-order valence-electron chi connectivity index (χ4n) is 0.918. The Balaban J connectivity index is 0.000000255. The van der Waals surface area contributed by atoms with E-state index in [1.165, 1.54) is 7.11 Å². The minimum Gasteiger partial charge on any atom is -0.480 e. The number of methoxy groups -OCH3 is 1. The van der Waals surface area contributed by atoms with Gasteiger partial charge in [0.1, 0.15) is 6.61 Å². The molecule has 0 aliphatic carbocycles. The smallest absolute Gasteiger partial charge is 0.329 e. The van der Waals surface area contributed by atoms with Gasteiger partial charge in [-0.05, 0) is 6.92 Å². The summed E-state index contributed by atoms with van der Waals surface area (Å²) in [5, 5.41) is 7.79. The van der Waals surface area contributed by atoms with Gasteiger partial charge in [0.05, 0.1) is 6.67 Å². The van der Waals surface area contributed by atoms with Crippen LogP contribution in [0.25, 0.3) is 0 Å². The van der Waals surface area contributed by atoms with Crippen LogP contribution in [0.4, 0.5) is 0 Å². The van der Waals surface area contributed by atoms with Crippen LogP contribution in [0, 0.1) is 0 Å². The normalized spacial score (nSPS) is 13.9. The maximum atomic E-state index is 9.47. The van der Waals surface area contributed by atoms with E-state index in [1.807, 2.05) is 0 Å². The summed E-state index contributed by atoms with van der Waals surface area (Å²) in [4.78, 5) is 13.9. The molecule has 1 aliphatic rings. The molecule has 1 heterocycles. The first-order valence-corrected chi connectivity index (χ1v) is 4.43. The van der Waals surface area contributed by atoms with Crippen molar-refractivity contribution in [3.63, 3.8) is 0 Å². The number of ether oxygens (including phenoxy) is 1. The van der Waals surface area contributed by atoms with Crippen molar-refractivity contribution in [1.29, 1.82) is 0 Å². The third-order valence-corrected chi connectivity index (χ3v) is 1.61. The topological polar surface area (TPSA) is 53.0 Å². The molecule has 0 aromatic heterocycles. The molecule has 82 valence electrons. The summed E-state index contributed by atoms with van der Waals surface area (Å²) in [5.41, 5.74) is 0. The van der Waals surface area contributed by atoms with Crippen molar-refractivity contribution in [1.82, 2.24) is 9.80 Å². The highest BCUT2D eigenvalue weighted by molar-refractivity contribution is 5.67. The van der Waals surface area contributed by atoms with Crippen LogP contribution in [0.15, 0.2) is 12.4 Å². The summed E-state index contributed by atoms with van der Waals surface area (Å²) in [7, 11) is 3.42. The molecule has 0 saturated carbocycles. The lowest BCUT2D eigenvalue weighted by Crippen LogP contribution is -2.21. The zero-order valence-corrected chi connectivity index (χ0v) is 8.93. The van der Waals surface area contributed by atoms with Crippen molar-refractivity contribution >= 4 is 5.97 Å². The Hall–Kier alpha value is -1.23. The molecule has 0 bridgehead atoms. The predicted octanol–water partition coefficient (Wildman–Crippen LogP) is 0.400. The van der Waals surface area contributed by atoms with E-state index in [0.29, 0.717) is 0 Å². The van der Waals surface area contributed by atoms with Crippen LogP contribution in [0.5, 0.6) is 0 Å². The van der Waals surface area contributed by atoms with Gasteiger partial charge in [-0.25, -0.2) is 4.79 Å². The summed E-state index contributed by atoms with van der Waals surface area (Å²) >= 11 is 0. The van der Waals surface area contributed by atoms with E-state index in [4.69, 9.17) is 5.11 Å². The molecule has 0 unspecified atom stereocenters. The molecule has 0 spiro atoms. The molecular formula is C9H18N2O3. The molecule has 1 aliphatic heterocycles. The monoisotopic (exact) mass is 202 g/mol. The molecule has 5 heteroatoms. The van der Waals surface area contributed by atoms with Gasteiger partial charge in [-0.3, -0.25) is 0 Å². The number of rotatable bonds is 3. The SMILES string of the molecule is CCN1C=CN(C)C1.COCC(=O)O. The lowest BCUT2D eigenvalue weighted by Gasteiger charge is -2.14. The summed E-state index contributed by atoms with van der Waals surface area (Å²) in [5.74, 6) is -0.933. The fourth-order valence-corrected chi connectivity index (χ4v) is 0.918. The van der Waals surface area contributed by atoms with Gasteiger partial charge < -0.3 is 19.6 Å². The largest absolute Gasteiger partial charge is 0.480 e. The number of hydrogen-bond donors (Lipinski definition) is 1. The zero-order valence-electron chi connectivity index (χ0n) is 8.93. The summed E-state index contributed by atoms with van der Waals surface area (Å²) < 4.78 is 4.20. The van der Waals surface area contributed by atoms with Crippen molar-refractivity contribution in [3.8, 4) is 0 Å². The molecule has 0 fully saturated rings. The minimum atomic E-state index is -0.933. The van der Waals surface area contributed by atoms with Gasteiger partial charge in [0.15, 0.2) is 0 Å². The Morgan fingerprint density at radius 2 is 2.21 bits per heavy atom. The summed E-state index contributed by atoms with van der Waals surface area (Å²) in [6.45, 7) is 4.11. The Kier molecular flexibility index (Phi) is 6.57. The fraction of sp³-hybridized carbons (Fsp3) is 0.667. The highest BCUT2D eigenvalue weighted by atomic mass is 16.5. The van der Waals surface area contributed by atoms with Gasteiger partial charge in [0.25, 0.3) is 0 Å². The standard InChI is InChI=1S/C6H12N2.C3H6O3/c1-3-8-5-4-7(2)6-8;1-6-2-3(4)5/h4-5H,3,6H2,1-2H3;2H2,1H3,(H,4,5). The molecule has 0 amide bonds. The van der Waals surface area contributed by atoms with E-state index >= 15 is 0 Å². The third kappa shape index (κ3) is 6.30. The molecule has 5 nitrogen and oxygen atoms in total. The van der Waals surface area contributed by atoms with E-state index in [-0.39, 0.29) is 6.61 Å². The number of hydrogen-bond acceptors (Lipinski definition) is 4. The van der Waals surface area contributed by atoms with Crippen molar-refractivity contribution in [3.05, 3.63) is 12.4 Å². The van der Waals surface area contributed by atoms with Crippen molar-refractivity contribution in [2.75, 3.05) is 34.0 Å². The maximum Gasteiger partial charge on any atom is 0.329 e. The molecule has 0 saturated heterocycles. The predicted molar refractivity (Wildman–Crippen MR) is 53.7 cm³/mol. The number of carboxylic acid groups (broad SMARTS) is 1. The first-order chi connectivity index (χ1) is 6.60. The van der Waals surface area contributed by atoms with E-state index in [2.05, 4.69) is 40.9 Å². The van der Waals surface area contributed by atoms with Crippen molar-refractivity contribution in [2.24, 2.45) is 0 Å². The lowest BCUT2D eigenvalue weighted by atomic mass is 10.6. The first kappa shape index (κ1) is 12.8. The molecule has 1 rings (SSSR count). The van der Waals surface area contributed by atoms with Gasteiger partial charge >= 0.3 is 5.97 Å². The summed E-state index contributed by atoms with van der Waals surface area (Å²) in [6, 6.07) is 0. The second-order valence-electron chi connectivity index (χ2n) is 2.93. The Morgan fingerprint density at radius 3 is 2.36 bits per heavy atom. The second-order valence-corrected chi connectivity index (χ2v) is 2.93. The van der Waals surface area contributed by atoms with Crippen molar-refractivity contribution < 1.29 is 14.6 Å². The molecule has 0 aromatic rings. The average molecular weight is 202 g/mol. The third-order valence-electron chi connectivity index (χ3n) is 1.61. The molecule has 14 heavy (non-hydrogen) atoms. The van der Waals surface area contributed by atoms with Gasteiger partial charge in [-0.15, -0.1) is 0 Å². The van der Waals surface area contributed by atoms with E-state index in [9.17, 15) is 4.79 Å². The van der Waals surface area contributed by atoms with Crippen LogP contribution in [0.1, 0.15) is 6.92 Å². The highest BCUT2D eigenvalue weighted by Gasteiger charge is 2.03. The van der Waals surface area contributed by atoms with Crippen LogP contribution >= 0.6 is 0 Å². The average Bonchev–Trinajstić information content (AvgIpc) is 2.52. The van der Waals surface area contributed by atoms with Crippen LogP contribution in [-0.2, 0) is 9.53 Å². The summed E-state index contributed by atoms with van der Waals surface area (Å²) in [6.07, 6.45) is 4.20.